The van der Waals surface area contributed by atoms with Crippen LogP contribution in [0.1, 0.15) is 24.2 Å². The first-order valence-corrected chi connectivity index (χ1v) is 9.01. The van der Waals surface area contributed by atoms with Gasteiger partial charge in [0.2, 0.25) is 6.79 Å². The van der Waals surface area contributed by atoms with E-state index in [2.05, 4.69) is 4.90 Å². The average Bonchev–Trinajstić information content (AvgIpc) is 3.08. The van der Waals surface area contributed by atoms with Crippen molar-refractivity contribution in [3.63, 3.8) is 0 Å². The number of benzene rings is 2. The third kappa shape index (κ3) is 5.11. The molecule has 1 heterocycles. The molecule has 0 aromatic heterocycles. The molecule has 2 atom stereocenters. The lowest BCUT2D eigenvalue weighted by molar-refractivity contribution is -0.0138. The van der Waals surface area contributed by atoms with Crippen LogP contribution in [0.25, 0.3) is 0 Å². The fourth-order valence-corrected chi connectivity index (χ4v) is 3.04. The van der Waals surface area contributed by atoms with E-state index in [0.717, 1.165) is 22.6 Å². The number of rotatable bonds is 8. The molecule has 2 unspecified atom stereocenters. The van der Waals surface area contributed by atoms with Crippen LogP contribution in [0.15, 0.2) is 42.5 Å². The number of hydrogen-bond acceptors (Lipinski definition) is 5. The van der Waals surface area contributed by atoms with E-state index < -0.39 is 6.10 Å². The normalized spacial score (nSPS) is 15.3. The van der Waals surface area contributed by atoms with Gasteiger partial charge in [0.05, 0.1) is 18.8 Å². The molecule has 1 aliphatic heterocycles. The van der Waals surface area contributed by atoms with Crippen molar-refractivity contribution in [1.82, 2.24) is 4.90 Å². The van der Waals surface area contributed by atoms with Gasteiger partial charge in [0.1, 0.15) is 0 Å². The Morgan fingerprint density at radius 3 is 2.65 bits per heavy atom. The van der Waals surface area contributed by atoms with Crippen LogP contribution in [0.4, 0.5) is 0 Å². The molecule has 6 heteroatoms. The van der Waals surface area contributed by atoms with Gasteiger partial charge >= 0.3 is 0 Å². The maximum absolute atomic E-state index is 10.3. The van der Waals surface area contributed by atoms with Gasteiger partial charge in [0.25, 0.3) is 0 Å². The van der Waals surface area contributed by atoms with E-state index in [-0.39, 0.29) is 19.5 Å². The fraction of sp³-hybridized carbons (Fsp3) is 0.400. The Bertz CT molecular complexity index is 722. The van der Waals surface area contributed by atoms with Gasteiger partial charge in [-0.05, 0) is 49.4 Å². The number of hydrogen-bond donors (Lipinski definition) is 1. The van der Waals surface area contributed by atoms with Crippen molar-refractivity contribution in [2.24, 2.45) is 0 Å². The summed E-state index contributed by atoms with van der Waals surface area (Å²) in [6, 6.07) is 13.5. The zero-order chi connectivity index (χ0) is 18.5. The van der Waals surface area contributed by atoms with E-state index in [1.807, 2.05) is 56.4 Å². The lowest BCUT2D eigenvalue weighted by Gasteiger charge is -2.22. The Kier molecular flexibility index (Phi) is 6.38. The van der Waals surface area contributed by atoms with Gasteiger partial charge in [-0.15, -0.1) is 0 Å². The van der Waals surface area contributed by atoms with Gasteiger partial charge < -0.3 is 19.3 Å². The third-order valence-electron chi connectivity index (χ3n) is 4.29. The predicted octanol–water partition coefficient (Wildman–Crippen LogP) is 3.64. The molecule has 3 rings (SSSR count). The van der Waals surface area contributed by atoms with Gasteiger partial charge in [-0.1, -0.05) is 29.8 Å². The first kappa shape index (κ1) is 19.0. The molecule has 1 aliphatic rings. The quantitative estimate of drug-likeness (QED) is 0.761. The van der Waals surface area contributed by atoms with Crippen molar-refractivity contribution in [2.45, 2.75) is 25.7 Å². The Morgan fingerprint density at radius 2 is 1.88 bits per heavy atom. The van der Waals surface area contributed by atoms with Crippen LogP contribution in [-0.4, -0.2) is 43.1 Å². The van der Waals surface area contributed by atoms with Crippen molar-refractivity contribution in [3.05, 3.63) is 58.6 Å². The van der Waals surface area contributed by atoms with Crippen LogP contribution >= 0.6 is 11.6 Å². The highest BCUT2D eigenvalue weighted by molar-refractivity contribution is 6.30. The minimum absolute atomic E-state index is 0.0962. The maximum Gasteiger partial charge on any atom is 0.231 e. The molecule has 0 saturated heterocycles. The molecule has 2 aromatic carbocycles. The van der Waals surface area contributed by atoms with E-state index in [4.69, 9.17) is 25.8 Å². The summed E-state index contributed by atoms with van der Waals surface area (Å²) in [6.07, 6.45) is -0.662. The van der Waals surface area contributed by atoms with Crippen molar-refractivity contribution >= 4 is 11.6 Å². The Labute approximate surface area is 159 Å². The average molecular weight is 378 g/mol. The highest BCUT2D eigenvalue weighted by Crippen LogP contribution is 2.32. The number of likely N-dealkylation sites (N-methyl/N-ethyl adjacent to an activating group) is 1. The topological polar surface area (TPSA) is 51.2 Å². The Balaban J connectivity index is 1.43. The molecule has 1 N–H and O–H groups in total. The second-order valence-corrected chi connectivity index (χ2v) is 7.00. The Hall–Kier alpha value is -1.79. The minimum Gasteiger partial charge on any atom is -0.454 e. The highest BCUT2D eigenvalue weighted by atomic mass is 35.5. The van der Waals surface area contributed by atoms with Crippen LogP contribution in [0.3, 0.4) is 0 Å². The van der Waals surface area contributed by atoms with Crippen LogP contribution in [0, 0.1) is 0 Å². The van der Waals surface area contributed by atoms with Gasteiger partial charge in [-0.25, -0.2) is 0 Å². The minimum atomic E-state index is -0.566. The summed E-state index contributed by atoms with van der Waals surface area (Å²) >= 11 is 5.90. The van der Waals surface area contributed by atoms with E-state index in [9.17, 15) is 5.11 Å². The number of aliphatic hydroxyl groups excluding tert-OH is 1. The smallest absolute Gasteiger partial charge is 0.231 e. The molecule has 0 fully saturated rings. The predicted molar refractivity (Wildman–Crippen MR) is 101 cm³/mol. The van der Waals surface area contributed by atoms with Crippen molar-refractivity contribution in [3.8, 4) is 11.5 Å². The van der Waals surface area contributed by atoms with E-state index >= 15 is 0 Å². The second kappa shape index (κ2) is 8.73. The molecule has 2 aromatic rings. The first-order chi connectivity index (χ1) is 12.5. The molecule has 0 saturated carbocycles. The van der Waals surface area contributed by atoms with Gasteiger partial charge in [0.15, 0.2) is 11.5 Å². The van der Waals surface area contributed by atoms with Crippen LogP contribution in [-0.2, 0) is 11.3 Å². The summed E-state index contributed by atoms with van der Waals surface area (Å²) in [5, 5.41) is 11.0. The molecule has 0 spiro atoms. The second-order valence-electron chi connectivity index (χ2n) is 6.57. The number of fused-ring (bicyclic) bond motifs is 1. The van der Waals surface area contributed by atoms with E-state index in [1.165, 1.54) is 0 Å². The van der Waals surface area contributed by atoms with Gasteiger partial charge in [0, 0.05) is 18.1 Å². The number of nitrogens with zero attached hydrogens (tertiary/aromatic N) is 1. The highest BCUT2D eigenvalue weighted by Gasteiger charge is 2.15. The standard InChI is InChI=1S/C20H24ClNO4/c1-14(16-4-6-17(21)7-5-16)24-12-18(23)11-22(2)10-15-3-8-19-20(9-15)26-13-25-19/h3-9,14,18,23H,10-13H2,1-2H3. The lowest BCUT2D eigenvalue weighted by atomic mass is 10.1. The number of halogens is 1. The van der Waals surface area contributed by atoms with Crippen molar-refractivity contribution in [1.29, 1.82) is 0 Å². The summed E-state index contributed by atoms with van der Waals surface area (Å²) in [6.45, 7) is 3.74. The SMILES string of the molecule is CC(OCC(O)CN(C)Cc1ccc2c(c1)OCO2)c1ccc(Cl)cc1. The third-order valence-corrected chi connectivity index (χ3v) is 4.54. The van der Waals surface area contributed by atoms with Crippen molar-refractivity contribution < 1.29 is 19.3 Å². The maximum atomic E-state index is 10.3. The zero-order valence-electron chi connectivity index (χ0n) is 15.0. The monoisotopic (exact) mass is 377 g/mol. The van der Waals surface area contributed by atoms with Gasteiger partial charge in [-0.2, -0.15) is 0 Å². The van der Waals surface area contributed by atoms with E-state index in [0.29, 0.717) is 18.1 Å². The first-order valence-electron chi connectivity index (χ1n) is 8.63. The molecular weight excluding hydrogens is 354 g/mol. The summed E-state index contributed by atoms with van der Waals surface area (Å²) in [7, 11) is 1.97. The molecule has 0 aliphatic carbocycles. The van der Waals surface area contributed by atoms with Crippen LogP contribution in [0.2, 0.25) is 5.02 Å². The molecule has 0 bridgehead atoms. The fourth-order valence-electron chi connectivity index (χ4n) is 2.91. The summed E-state index contributed by atoms with van der Waals surface area (Å²) in [5.74, 6) is 1.55. The summed E-state index contributed by atoms with van der Waals surface area (Å²) in [5.41, 5.74) is 2.15. The van der Waals surface area contributed by atoms with Crippen LogP contribution < -0.4 is 9.47 Å². The van der Waals surface area contributed by atoms with E-state index in [1.54, 1.807) is 0 Å². The van der Waals surface area contributed by atoms with Crippen molar-refractivity contribution in [2.75, 3.05) is 27.0 Å². The molecule has 5 nitrogen and oxygen atoms in total. The molecule has 0 amide bonds. The molecular formula is C20H24ClNO4. The summed E-state index contributed by atoms with van der Waals surface area (Å²) < 4.78 is 16.5. The van der Waals surface area contributed by atoms with Crippen LogP contribution in [0.5, 0.6) is 11.5 Å². The van der Waals surface area contributed by atoms with Gasteiger partial charge in [-0.3, -0.25) is 4.90 Å². The summed E-state index contributed by atoms with van der Waals surface area (Å²) in [4.78, 5) is 2.05. The molecule has 0 radical (unpaired) electrons. The number of aliphatic hydroxyl groups is 1. The largest absolute Gasteiger partial charge is 0.454 e. The Morgan fingerprint density at radius 1 is 1.15 bits per heavy atom. The number of ether oxygens (including phenoxy) is 3. The lowest BCUT2D eigenvalue weighted by Crippen LogP contribution is -2.32. The zero-order valence-corrected chi connectivity index (χ0v) is 15.8. The molecule has 26 heavy (non-hydrogen) atoms. The molecule has 140 valence electrons.